The number of carbonyl (C=O) groups is 2. The fourth-order valence-electron chi connectivity index (χ4n) is 5.03. The van der Waals surface area contributed by atoms with E-state index in [1.807, 2.05) is 4.90 Å². The molecular formula is C21H29N3O2. The third kappa shape index (κ3) is 2.64. The Kier molecular flexibility index (Phi) is 4.30. The molecule has 5 heteroatoms. The molecule has 140 valence electrons. The highest BCUT2D eigenvalue weighted by Crippen LogP contribution is 2.38. The van der Waals surface area contributed by atoms with E-state index in [0.717, 1.165) is 38.8 Å². The highest BCUT2D eigenvalue weighted by atomic mass is 16.2. The molecule has 5 nitrogen and oxygen atoms in total. The number of imide groups is 1. The molecule has 0 atom stereocenters. The van der Waals surface area contributed by atoms with Crippen LogP contribution < -0.4 is 0 Å². The number of piperidine rings is 1. The summed E-state index contributed by atoms with van der Waals surface area (Å²) < 4.78 is 0. The predicted octanol–water partition coefficient (Wildman–Crippen LogP) is 2.54. The summed E-state index contributed by atoms with van der Waals surface area (Å²) in [7, 11) is 1.63. The molecule has 1 aromatic rings. The molecule has 2 heterocycles. The minimum absolute atomic E-state index is 0.00231. The molecule has 26 heavy (non-hydrogen) atoms. The minimum atomic E-state index is -0.613. The zero-order chi connectivity index (χ0) is 18.5. The van der Waals surface area contributed by atoms with Crippen LogP contribution in [0, 0.1) is 5.92 Å². The van der Waals surface area contributed by atoms with Crippen LogP contribution >= 0.6 is 0 Å². The van der Waals surface area contributed by atoms with Crippen LogP contribution in [0.15, 0.2) is 24.3 Å². The van der Waals surface area contributed by atoms with Crippen LogP contribution in [0.4, 0.5) is 4.79 Å². The first-order valence-electron chi connectivity index (χ1n) is 9.83. The first-order valence-corrected chi connectivity index (χ1v) is 9.83. The fraction of sp³-hybridized carbons (Fsp3) is 0.619. The van der Waals surface area contributed by atoms with Crippen LogP contribution in [-0.4, -0.2) is 64.9 Å². The van der Waals surface area contributed by atoms with Crippen LogP contribution in [0.1, 0.15) is 37.8 Å². The SMILES string of the molecule is CC(C)CN1C(=O)N(C)C(=O)C12CCN(C1Cc3ccccc3C1)CC2. The zero-order valence-corrected chi connectivity index (χ0v) is 16.1. The van der Waals surface area contributed by atoms with E-state index < -0.39 is 5.54 Å². The van der Waals surface area contributed by atoms with Crippen molar-refractivity contribution in [2.75, 3.05) is 26.7 Å². The monoisotopic (exact) mass is 355 g/mol. The van der Waals surface area contributed by atoms with E-state index in [4.69, 9.17) is 0 Å². The average molecular weight is 355 g/mol. The third-order valence-corrected chi connectivity index (χ3v) is 6.46. The zero-order valence-electron chi connectivity index (χ0n) is 16.1. The summed E-state index contributed by atoms with van der Waals surface area (Å²) in [5.74, 6) is 0.356. The second-order valence-electron chi connectivity index (χ2n) is 8.55. The van der Waals surface area contributed by atoms with E-state index >= 15 is 0 Å². The summed E-state index contributed by atoms with van der Waals surface area (Å²) in [6, 6.07) is 9.13. The number of urea groups is 1. The smallest absolute Gasteiger partial charge is 0.309 e. The molecule has 3 aliphatic rings. The van der Waals surface area contributed by atoms with Gasteiger partial charge < -0.3 is 4.90 Å². The molecule has 0 N–H and O–H groups in total. The van der Waals surface area contributed by atoms with Gasteiger partial charge in [0.2, 0.25) is 0 Å². The van der Waals surface area contributed by atoms with Crippen molar-refractivity contribution in [3.8, 4) is 0 Å². The van der Waals surface area contributed by atoms with E-state index in [1.165, 1.54) is 16.0 Å². The Balaban J connectivity index is 1.48. The van der Waals surface area contributed by atoms with Gasteiger partial charge in [-0.25, -0.2) is 4.79 Å². The Morgan fingerprint density at radius 2 is 1.65 bits per heavy atom. The molecule has 4 rings (SSSR count). The number of benzene rings is 1. The van der Waals surface area contributed by atoms with Crippen molar-refractivity contribution >= 4 is 11.9 Å². The normalized spacial score (nSPS) is 23.5. The van der Waals surface area contributed by atoms with Gasteiger partial charge in [0.05, 0.1) is 0 Å². The van der Waals surface area contributed by atoms with Gasteiger partial charge in [-0.2, -0.15) is 0 Å². The van der Waals surface area contributed by atoms with Gasteiger partial charge in [0.25, 0.3) is 5.91 Å². The number of amides is 3. The average Bonchev–Trinajstić information content (AvgIpc) is 3.13. The second kappa shape index (κ2) is 6.38. The van der Waals surface area contributed by atoms with Gasteiger partial charge in [-0.3, -0.25) is 14.6 Å². The topological polar surface area (TPSA) is 43.9 Å². The van der Waals surface area contributed by atoms with E-state index in [-0.39, 0.29) is 11.9 Å². The summed E-state index contributed by atoms with van der Waals surface area (Å²) >= 11 is 0. The molecular weight excluding hydrogens is 326 g/mol. The van der Waals surface area contributed by atoms with Crippen molar-refractivity contribution in [2.24, 2.45) is 5.92 Å². The highest BCUT2D eigenvalue weighted by Gasteiger charge is 2.57. The van der Waals surface area contributed by atoms with Gasteiger partial charge in [0, 0.05) is 32.7 Å². The Labute approximate surface area is 155 Å². The third-order valence-electron chi connectivity index (χ3n) is 6.46. The molecule has 1 spiro atoms. The van der Waals surface area contributed by atoms with Crippen molar-refractivity contribution < 1.29 is 9.59 Å². The molecule has 1 aromatic carbocycles. The lowest BCUT2D eigenvalue weighted by atomic mass is 9.84. The molecule has 0 radical (unpaired) electrons. The standard InChI is InChI=1S/C21H29N3O2/c1-15(2)14-24-20(26)22(3)19(25)21(24)8-10-23(11-9-21)18-12-16-6-4-5-7-17(16)13-18/h4-7,15,18H,8-14H2,1-3H3. The Hall–Kier alpha value is -1.88. The van der Waals surface area contributed by atoms with Gasteiger partial charge in [-0.05, 0) is 42.7 Å². The molecule has 2 saturated heterocycles. The lowest BCUT2D eigenvalue weighted by Gasteiger charge is -2.44. The van der Waals surface area contributed by atoms with E-state index in [9.17, 15) is 9.59 Å². The first kappa shape index (κ1) is 17.5. The van der Waals surface area contributed by atoms with Crippen molar-refractivity contribution in [1.82, 2.24) is 14.7 Å². The van der Waals surface area contributed by atoms with Crippen molar-refractivity contribution in [1.29, 1.82) is 0 Å². The maximum absolute atomic E-state index is 12.9. The molecule has 0 saturated carbocycles. The van der Waals surface area contributed by atoms with E-state index in [2.05, 4.69) is 43.0 Å². The molecule has 0 aromatic heterocycles. The van der Waals surface area contributed by atoms with Crippen LogP contribution in [0.5, 0.6) is 0 Å². The largest absolute Gasteiger partial charge is 0.327 e. The van der Waals surface area contributed by atoms with E-state index in [1.54, 1.807) is 7.05 Å². The number of likely N-dealkylation sites (N-methyl/N-ethyl adjacent to an activating group) is 1. The molecule has 2 aliphatic heterocycles. The highest BCUT2D eigenvalue weighted by molar-refractivity contribution is 6.06. The maximum Gasteiger partial charge on any atom is 0.327 e. The Bertz CT molecular complexity index is 697. The number of hydrogen-bond donors (Lipinski definition) is 0. The Morgan fingerprint density at radius 3 is 2.19 bits per heavy atom. The second-order valence-corrected chi connectivity index (χ2v) is 8.55. The lowest BCUT2D eigenvalue weighted by molar-refractivity contribution is -0.135. The fourth-order valence-corrected chi connectivity index (χ4v) is 5.03. The summed E-state index contributed by atoms with van der Waals surface area (Å²) in [6.07, 6.45) is 3.71. The molecule has 2 fully saturated rings. The molecule has 3 amide bonds. The summed E-state index contributed by atoms with van der Waals surface area (Å²) in [5, 5.41) is 0. The summed E-state index contributed by atoms with van der Waals surface area (Å²) in [6.45, 7) is 6.65. The van der Waals surface area contributed by atoms with Crippen molar-refractivity contribution in [2.45, 2.75) is 51.1 Å². The number of nitrogens with zero attached hydrogens (tertiary/aromatic N) is 3. The van der Waals surface area contributed by atoms with Gasteiger partial charge in [0.15, 0.2) is 0 Å². The maximum atomic E-state index is 12.9. The molecule has 1 aliphatic carbocycles. The number of rotatable bonds is 3. The number of hydrogen-bond acceptors (Lipinski definition) is 3. The van der Waals surface area contributed by atoms with Crippen molar-refractivity contribution in [3.05, 3.63) is 35.4 Å². The van der Waals surface area contributed by atoms with Gasteiger partial charge in [0.1, 0.15) is 5.54 Å². The van der Waals surface area contributed by atoms with Crippen LogP contribution in [0.2, 0.25) is 0 Å². The summed E-state index contributed by atoms with van der Waals surface area (Å²) in [5.41, 5.74) is 2.31. The lowest BCUT2D eigenvalue weighted by Crippen LogP contribution is -2.58. The van der Waals surface area contributed by atoms with Crippen LogP contribution in [-0.2, 0) is 17.6 Å². The number of carbonyl (C=O) groups excluding carboxylic acids is 2. The van der Waals surface area contributed by atoms with Gasteiger partial charge in [-0.1, -0.05) is 38.1 Å². The van der Waals surface area contributed by atoms with Crippen LogP contribution in [0.25, 0.3) is 0 Å². The van der Waals surface area contributed by atoms with Crippen molar-refractivity contribution in [3.63, 3.8) is 0 Å². The number of likely N-dealkylation sites (tertiary alicyclic amines) is 1. The molecule has 0 unspecified atom stereocenters. The predicted molar refractivity (Wildman–Crippen MR) is 101 cm³/mol. The molecule has 0 bridgehead atoms. The minimum Gasteiger partial charge on any atom is -0.309 e. The van der Waals surface area contributed by atoms with Gasteiger partial charge >= 0.3 is 6.03 Å². The van der Waals surface area contributed by atoms with E-state index in [0.29, 0.717) is 18.5 Å². The van der Waals surface area contributed by atoms with Crippen LogP contribution in [0.3, 0.4) is 0 Å². The Morgan fingerprint density at radius 1 is 1.08 bits per heavy atom. The summed E-state index contributed by atoms with van der Waals surface area (Å²) in [4.78, 5) is 31.3. The first-order chi connectivity index (χ1) is 12.4. The van der Waals surface area contributed by atoms with Gasteiger partial charge in [-0.15, -0.1) is 0 Å². The number of fused-ring (bicyclic) bond motifs is 1. The quantitative estimate of drug-likeness (QED) is 0.783.